The zero-order valence-corrected chi connectivity index (χ0v) is 8.69. The molecule has 0 amide bonds. The van der Waals surface area contributed by atoms with E-state index < -0.39 is 10.8 Å². The fraction of sp³-hybridized carbons (Fsp3) is 1.00. The van der Waals surface area contributed by atoms with Gasteiger partial charge in [-0.3, -0.25) is 9.11 Å². The summed E-state index contributed by atoms with van der Waals surface area (Å²) in [7, 11) is 1.44. The zero-order chi connectivity index (χ0) is 8.97. The van der Waals surface area contributed by atoms with E-state index in [1.807, 2.05) is 7.05 Å². The van der Waals surface area contributed by atoms with Crippen LogP contribution in [0.1, 0.15) is 6.92 Å². The highest BCUT2D eigenvalue weighted by Crippen LogP contribution is 2.00. The molecule has 12 heavy (non-hydrogen) atoms. The van der Waals surface area contributed by atoms with Crippen LogP contribution in [0.15, 0.2) is 0 Å². The zero-order valence-electron chi connectivity index (χ0n) is 7.88. The summed E-state index contributed by atoms with van der Waals surface area (Å²) in [6.07, 6.45) is 0. The fourth-order valence-corrected chi connectivity index (χ4v) is 2.46. The molecule has 0 saturated carbocycles. The maximum atomic E-state index is 11.0. The van der Waals surface area contributed by atoms with Crippen LogP contribution in [0.5, 0.6) is 0 Å². The fourth-order valence-electron chi connectivity index (χ4n) is 1.34. The Balaban J connectivity index is 2.21. The SMILES string of the molecule is CNC(C)CN1CCS(=O)CC1. The molecule has 1 N–H and O–H groups in total. The van der Waals surface area contributed by atoms with E-state index in [9.17, 15) is 4.21 Å². The van der Waals surface area contributed by atoms with Crippen LogP contribution in [0.25, 0.3) is 0 Å². The first-order valence-electron chi connectivity index (χ1n) is 4.47. The highest BCUT2D eigenvalue weighted by molar-refractivity contribution is 7.85. The molecule has 0 aromatic rings. The molecule has 72 valence electrons. The Hall–Kier alpha value is 0.0700. The average Bonchev–Trinajstić information content (AvgIpc) is 2.09. The summed E-state index contributed by atoms with van der Waals surface area (Å²) in [5, 5.41) is 3.21. The second kappa shape index (κ2) is 4.94. The molecule has 1 fully saturated rings. The Bertz CT molecular complexity index is 153. The second-order valence-electron chi connectivity index (χ2n) is 3.34. The molecule has 0 aliphatic carbocycles. The van der Waals surface area contributed by atoms with Gasteiger partial charge in [-0.1, -0.05) is 0 Å². The van der Waals surface area contributed by atoms with Crippen molar-refractivity contribution in [3.63, 3.8) is 0 Å². The third kappa shape index (κ3) is 3.21. The first-order valence-corrected chi connectivity index (χ1v) is 5.96. The molecule has 0 radical (unpaired) electrons. The predicted molar refractivity (Wildman–Crippen MR) is 52.8 cm³/mol. The van der Waals surface area contributed by atoms with Crippen molar-refractivity contribution in [2.45, 2.75) is 13.0 Å². The highest BCUT2D eigenvalue weighted by Gasteiger charge is 2.15. The van der Waals surface area contributed by atoms with Crippen molar-refractivity contribution in [3.05, 3.63) is 0 Å². The van der Waals surface area contributed by atoms with Crippen LogP contribution < -0.4 is 5.32 Å². The molecular weight excluding hydrogens is 172 g/mol. The van der Waals surface area contributed by atoms with E-state index in [4.69, 9.17) is 0 Å². The van der Waals surface area contributed by atoms with E-state index in [1.54, 1.807) is 0 Å². The lowest BCUT2D eigenvalue weighted by Crippen LogP contribution is -2.44. The average molecular weight is 190 g/mol. The van der Waals surface area contributed by atoms with Crippen LogP contribution in [-0.4, -0.2) is 53.3 Å². The van der Waals surface area contributed by atoms with Gasteiger partial charge in [0.2, 0.25) is 0 Å². The van der Waals surface area contributed by atoms with Crippen molar-refractivity contribution < 1.29 is 4.21 Å². The van der Waals surface area contributed by atoms with E-state index in [2.05, 4.69) is 17.1 Å². The first-order chi connectivity index (χ1) is 5.72. The van der Waals surface area contributed by atoms with E-state index in [1.165, 1.54) is 0 Å². The summed E-state index contributed by atoms with van der Waals surface area (Å²) in [4.78, 5) is 2.38. The van der Waals surface area contributed by atoms with Crippen molar-refractivity contribution in [2.75, 3.05) is 38.2 Å². The monoisotopic (exact) mass is 190 g/mol. The lowest BCUT2D eigenvalue weighted by atomic mass is 10.3. The van der Waals surface area contributed by atoms with Crippen LogP contribution in [0.2, 0.25) is 0 Å². The van der Waals surface area contributed by atoms with Crippen LogP contribution in [0, 0.1) is 0 Å². The first kappa shape index (κ1) is 10.2. The third-order valence-electron chi connectivity index (χ3n) is 2.30. The van der Waals surface area contributed by atoms with Gasteiger partial charge in [-0.25, -0.2) is 0 Å². The topological polar surface area (TPSA) is 32.3 Å². The lowest BCUT2D eigenvalue weighted by Gasteiger charge is -2.28. The summed E-state index contributed by atoms with van der Waals surface area (Å²) in [6.45, 7) is 5.25. The van der Waals surface area contributed by atoms with Gasteiger partial charge in [0.1, 0.15) is 0 Å². The van der Waals surface area contributed by atoms with Gasteiger partial charge in [-0.2, -0.15) is 0 Å². The summed E-state index contributed by atoms with van der Waals surface area (Å²) < 4.78 is 11.0. The maximum Gasteiger partial charge on any atom is 0.0363 e. The van der Waals surface area contributed by atoms with Crippen molar-refractivity contribution >= 4 is 10.8 Å². The van der Waals surface area contributed by atoms with Gasteiger partial charge in [-0.15, -0.1) is 0 Å². The van der Waals surface area contributed by atoms with Crippen LogP contribution in [-0.2, 0) is 10.8 Å². The molecule has 1 saturated heterocycles. The van der Waals surface area contributed by atoms with Crippen molar-refractivity contribution in [1.82, 2.24) is 10.2 Å². The van der Waals surface area contributed by atoms with Crippen LogP contribution in [0.3, 0.4) is 0 Å². The molecular formula is C8H18N2OS. The minimum atomic E-state index is -0.540. The Labute approximate surface area is 77.0 Å². The Morgan fingerprint density at radius 2 is 2.08 bits per heavy atom. The quantitative estimate of drug-likeness (QED) is 0.661. The minimum absolute atomic E-state index is 0.538. The van der Waals surface area contributed by atoms with E-state index in [0.717, 1.165) is 31.1 Å². The predicted octanol–water partition coefficient (Wildman–Crippen LogP) is -0.341. The lowest BCUT2D eigenvalue weighted by molar-refractivity contribution is 0.273. The van der Waals surface area contributed by atoms with Gasteiger partial charge < -0.3 is 5.32 Å². The molecule has 1 unspecified atom stereocenters. The number of nitrogens with one attached hydrogen (secondary N) is 1. The molecule has 4 heteroatoms. The number of rotatable bonds is 3. The highest BCUT2D eigenvalue weighted by atomic mass is 32.2. The van der Waals surface area contributed by atoms with Gasteiger partial charge in [0.25, 0.3) is 0 Å². The van der Waals surface area contributed by atoms with Crippen molar-refractivity contribution in [3.8, 4) is 0 Å². The van der Waals surface area contributed by atoms with Gasteiger partial charge in [0.05, 0.1) is 0 Å². The molecule has 1 aliphatic heterocycles. The largest absolute Gasteiger partial charge is 0.316 e. The molecule has 1 atom stereocenters. The molecule has 0 bridgehead atoms. The molecule has 0 aromatic carbocycles. The van der Waals surface area contributed by atoms with Crippen LogP contribution in [0.4, 0.5) is 0 Å². The van der Waals surface area contributed by atoms with Gasteiger partial charge in [0, 0.05) is 48.0 Å². The van der Waals surface area contributed by atoms with Crippen LogP contribution >= 0.6 is 0 Å². The number of hydrogen-bond acceptors (Lipinski definition) is 3. The molecule has 1 rings (SSSR count). The standard InChI is InChI=1S/C8H18N2OS/c1-8(9-2)7-10-3-5-12(11)6-4-10/h8-9H,3-7H2,1-2H3. The van der Waals surface area contributed by atoms with E-state index in [-0.39, 0.29) is 0 Å². The van der Waals surface area contributed by atoms with Gasteiger partial charge in [-0.05, 0) is 14.0 Å². The normalized spacial score (nSPS) is 24.2. The molecule has 3 nitrogen and oxygen atoms in total. The number of likely N-dealkylation sites (N-methyl/N-ethyl adjacent to an activating group) is 1. The number of nitrogens with zero attached hydrogens (tertiary/aromatic N) is 1. The number of hydrogen-bond donors (Lipinski definition) is 1. The summed E-state index contributed by atoms with van der Waals surface area (Å²) in [5.41, 5.74) is 0. The Morgan fingerprint density at radius 3 is 2.58 bits per heavy atom. The van der Waals surface area contributed by atoms with Gasteiger partial charge in [0.15, 0.2) is 0 Å². The third-order valence-corrected chi connectivity index (χ3v) is 3.57. The van der Waals surface area contributed by atoms with Gasteiger partial charge >= 0.3 is 0 Å². The minimum Gasteiger partial charge on any atom is -0.316 e. The van der Waals surface area contributed by atoms with E-state index >= 15 is 0 Å². The smallest absolute Gasteiger partial charge is 0.0363 e. The molecule has 0 aromatic heterocycles. The Morgan fingerprint density at radius 1 is 1.50 bits per heavy atom. The summed E-state index contributed by atoms with van der Waals surface area (Å²) in [5.74, 6) is 1.72. The molecule has 1 aliphatic rings. The van der Waals surface area contributed by atoms with Crippen molar-refractivity contribution in [2.24, 2.45) is 0 Å². The summed E-state index contributed by atoms with van der Waals surface area (Å²) >= 11 is 0. The molecule has 1 heterocycles. The second-order valence-corrected chi connectivity index (χ2v) is 5.03. The van der Waals surface area contributed by atoms with E-state index in [0.29, 0.717) is 6.04 Å². The maximum absolute atomic E-state index is 11.0. The molecule has 0 spiro atoms. The summed E-state index contributed by atoms with van der Waals surface area (Å²) in [6, 6.07) is 0.538. The van der Waals surface area contributed by atoms with Crippen molar-refractivity contribution in [1.29, 1.82) is 0 Å². The Kier molecular flexibility index (Phi) is 4.18.